The quantitative estimate of drug-likeness (QED) is 0.857. The van der Waals surface area contributed by atoms with E-state index < -0.39 is 10.0 Å². The van der Waals surface area contributed by atoms with Crippen LogP contribution in [-0.4, -0.2) is 44.2 Å². The summed E-state index contributed by atoms with van der Waals surface area (Å²) in [6.45, 7) is 4.52. The van der Waals surface area contributed by atoms with Crippen LogP contribution in [-0.2, 0) is 10.0 Å². The molecule has 0 aromatic rings. The molecule has 2 saturated heterocycles. The highest BCUT2D eigenvalue weighted by Gasteiger charge is 2.32. The number of sulfonamides is 1. The molecule has 2 fully saturated rings. The fourth-order valence-corrected chi connectivity index (χ4v) is 4.60. The van der Waals surface area contributed by atoms with Gasteiger partial charge in [0.05, 0.1) is 5.75 Å². The molecule has 2 aliphatic heterocycles. The summed E-state index contributed by atoms with van der Waals surface area (Å²) in [5.41, 5.74) is 0. The molecule has 0 bridgehead atoms. The molecular weight excluding hydrogens is 272 g/mol. The normalized spacial score (nSPS) is 27.1. The Morgan fingerprint density at radius 1 is 1.22 bits per heavy atom. The maximum absolute atomic E-state index is 11.9. The van der Waals surface area contributed by atoms with E-state index in [1.165, 1.54) is 12.8 Å². The van der Waals surface area contributed by atoms with E-state index in [-0.39, 0.29) is 12.4 Å². The van der Waals surface area contributed by atoms with E-state index >= 15 is 0 Å². The van der Waals surface area contributed by atoms with Gasteiger partial charge in [0.15, 0.2) is 0 Å². The molecule has 6 heteroatoms. The van der Waals surface area contributed by atoms with Gasteiger partial charge in [0.2, 0.25) is 10.0 Å². The maximum Gasteiger partial charge on any atom is 0.214 e. The van der Waals surface area contributed by atoms with Crippen LogP contribution in [0.2, 0.25) is 0 Å². The number of nitrogens with zero attached hydrogens (tertiary/aromatic N) is 1. The average molecular weight is 297 g/mol. The summed E-state index contributed by atoms with van der Waals surface area (Å²) in [4.78, 5) is 0. The van der Waals surface area contributed by atoms with Crippen LogP contribution in [0.1, 0.15) is 39.0 Å². The van der Waals surface area contributed by atoms with Crippen molar-refractivity contribution in [3.8, 4) is 0 Å². The predicted molar refractivity (Wildman–Crippen MR) is 76.6 cm³/mol. The third kappa shape index (κ3) is 3.83. The lowest BCUT2D eigenvalue weighted by molar-refractivity contribution is 0.234. The van der Waals surface area contributed by atoms with Crippen LogP contribution in [0.4, 0.5) is 0 Å². The molecule has 2 aliphatic rings. The summed E-state index contributed by atoms with van der Waals surface area (Å²) in [5, 5.41) is 3.54. The van der Waals surface area contributed by atoms with E-state index in [0.717, 1.165) is 32.5 Å². The van der Waals surface area contributed by atoms with Crippen molar-refractivity contribution in [1.82, 2.24) is 9.62 Å². The second-order valence-electron chi connectivity index (χ2n) is 5.26. The van der Waals surface area contributed by atoms with Gasteiger partial charge in [-0.05, 0) is 44.6 Å². The molecular formula is C12H25ClN2O2S. The third-order valence-corrected chi connectivity index (χ3v) is 6.10. The lowest BCUT2D eigenvalue weighted by Gasteiger charge is -2.34. The van der Waals surface area contributed by atoms with E-state index in [1.54, 1.807) is 4.31 Å². The second kappa shape index (κ2) is 7.08. The summed E-state index contributed by atoms with van der Waals surface area (Å²) < 4.78 is 25.5. The molecule has 0 spiro atoms. The van der Waals surface area contributed by atoms with Crippen LogP contribution < -0.4 is 5.32 Å². The molecule has 1 N–H and O–H groups in total. The highest BCUT2D eigenvalue weighted by atomic mass is 35.5. The van der Waals surface area contributed by atoms with Crippen molar-refractivity contribution < 1.29 is 8.42 Å². The number of halogens is 1. The molecule has 1 atom stereocenters. The smallest absolute Gasteiger partial charge is 0.214 e. The minimum atomic E-state index is -2.97. The van der Waals surface area contributed by atoms with Crippen LogP contribution in [0.25, 0.3) is 0 Å². The van der Waals surface area contributed by atoms with Gasteiger partial charge in [-0.1, -0.05) is 6.92 Å². The summed E-state index contributed by atoms with van der Waals surface area (Å²) in [6, 6.07) is 0.644. The first-order valence-electron chi connectivity index (χ1n) is 6.84. The largest absolute Gasteiger partial charge is 0.314 e. The lowest BCUT2D eigenvalue weighted by Crippen LogP contribution is -2.44. The van der Waals surface area contributed by atoms with Crippen LogP contribution >= 0.6 is 12.4 Å². The monoisotopic (exact) mass is 296 g/mol. The fourth-order valence-electron chi connectivity index (χ4n) is 3.06. The average Bonchev–Trinajstić information content (AvgIpc) is 2.82. The zero-order chi connectivity index (χ0) is 12.3. The SMILES string of the molecule is CCCS(=O)(=O)N1CCC(C2CCCN2)CC1.Cl. The van der Waals surface area contributed by atoms with Gasteiger partial charge in [0.1, 0.15) is 0 Å². The summed E-state index contributed by atoms with van der Waals surface area (Å²) in [5.74, 6) is 0.991. The molecule has 0 aromatic carbocycles. The van der Waals surface area contributed by atoms with E-state index in [9.17, 15) is 8.42 Å². The Morgan fingerprint density at radius 3 is 2.39 bits per heavy atom. The summed E-state index contributed by atoms with van der Waals surface area (Å²) in [7, 11) is -2.97. The topological polar surface area (TPSA) is 49.4 Å². The van der Waals surface area contributed by atoms with Gasteiger partial charge in [-0.25, -0.2) is 12.7 Å². The van der Waals surface area contributed by atoms with Crippen molar-refractivity contribution in [2.24, 2.45) is 5.92 Å². The van der Waals surface area contributed by atoms with Crippen LogP contribution in [0.3, 0.4) is 0 Å². The Morgan fingerprint density at radius 2 is 1.89 bits per heavy atom. The zero-order valence-electron chi connectivity index (χ0n) is 11.1. The zero-order valence-corrected chi connectivity index (χ0v) is 12.7. The molecule has 0 amide bonds. The van der Waals surface area contributed by atoms with Crippen molar-refractivity contribution in [2.75, 3.05) is 25.4 Å². The number of piperidine rings is 1. The van der Waals surface area contributed by atoms with Crippen LogP contribution in [0, 0.1) is 5.92 Å². The number of hydrogen-bond donors (Lipinski definition) is 1. The molecule has 0 aromatic heterocycles. The summed E-state index contributed by atoms with van der Waals surface area (Å²) >= 11 is 0. The lowest BCUT2D eigenvalue weighted by atomic mass is 9.89. The standard InChI is InChI=1S/C12H24N2O2S.ClH/c1-2-10-17(15,16)14-8-5-11(6-9-14)12-4-3-7-13-12;/h11-13H,2-10H2,1H3;1H. The van der Waals surface area contributed by atoms with E-state index in [2.05, 4.69) is 5.32 Å². The van der Waals surface area contributed by atoms with E-state index in [4.69, 9.17) is 0 Å². The van der Waals surface area contributed by atoms with Crippen molar-refractivity contribution in [1.29, 1.82) is 0 Å². The molecule has 0 radical (unpaired) electrons. The van der Waals surface area contributed by atoms with Gasteiger partial charge in [0, 0.05) is 19.1 Å². The second-order valence-corrected chi connectivity index (χ2v) is 7.34. The first-order valence-corrected chi connectivity index (χ1v) is 8.45. The minimum Gasteiger partial charge on any atom is -0.314 e. The van der Waals surface area contributed by atoms with Crippen LogP contribution in [0.5, 0.6) is 0 Å². The number of hydrogen-bond acceptors (Lipinski definition) is 3. The molecule has 108 valence electrons. The Kier molecular flexibility index (Phi) is 6.38. The van der Waals surface area contributed by atoms with Crippen molar-refractivity contribution in [2.45, 2.75) is 45.1 Å². The minimum absolute atomic E-state index is 0. The van der Waals surface area contributed by atoms with Crippen LogP contribution in [0.15, 0.2) is 0 Å². The number of nitrogens with one attached hydrogen (secondary N) is 1. The number of rotatable bonds is 4. The summed E-state index contributed by atoms with van der Waals surface area (Å²) in [6.07, 6.45) is 5.32. The highest BCUT2D eigenvalue weighted by molar-refractivity contribution is 7.89. The van der Waals surface area contributed by atoms with Gasteiger partial charge in [-0.15, -0.1) is 12.4 Å². The highest BCUT2D eigenvalue weighted by Crippen LogP contribution is 2.26. The van der Waals surface area contributed by atoms with Gasteiger partial charge in [0.25, 0.3) is 0 Å². The van der Waals surface area contributed by atoms with Crippen molar-refractivity contribution in [3.05, 3.63) is 0 Å². The van der Waals surface area contributed by atoms with Crippen molar-refractivity contribution in [3.63, 3.8) is 0 Å². The maximum atomic E-state index is 11.9. The predicted octanol–water partition coefficient (Wildman–Crippen LogP) is 1.61. The van der Waals surface area contributed by atoms with Gasteiger partial charge >= 0.3 is 0 Å². The molecule has 18 heavy (non-hydrogen) atoms. The van der Waals surface area contributed by atoms with Gasteiger partial charge in [-0.2, -0.15) is 0 Å². The first-order chi connectivity index (χ1) is 8.13. The Labute approximate surface area is 117 Å². The molecule has 0 aliphatic carbocycles. The van der Waals surface area contributed by atoms with E-state index in [0.29, 0.717) is 24.1 Å². The van der Waals surface area contributed by atoms with Gasteiger partial charge in [-0.3, -0.25) is 0 Å². The Balaban J connectivity index is 0.00000162. The van der Waals surface area contributed by atoms with E-state index in [1.807, 2.05) is 6.92 Å². The van der Waals surface area contributed by atoms with Gasteiger partial charge < -0.3 is 5.32 Å². The Hall–Kier alpha value is 0.160. The molecule has 1 unspecified atom stereocenters. The molecule has 4 nitrogen and oxygen atoms in total. The molecule has 2 heterocycles. The molecule has 0 saturated carbocycles. The first kappa shape index (κ1) is 16.2. The van der Waals surface area contributed by atoms with Crippen molar-refractivity contribution >= 4 is 22.4 Å². The third-order valence-electron chi connectivity index (χ3n) is 4.02. The fraction of sp³-hybridized carbons (Fsp3) is 1.00. The molecule has 2 rings (SSSR count). The Bertz CT molecular complexity index is 334.